The summed E-state index contributed by atoms with van der Waals surface area (Å²) in [4.78, 5) is 17.4. The Labute approximate surface area is 163 Å². The van der Waals surface area contributed by atoms with E-state index in [0.29, 0.717) is 18.4 Å². The second-order valence-electron chi connectivity index (χ2n) is 8.64. The molecule has 0 aromatic heterocycles. The zero-order valence-corrected chi connectivity index (χ0v) is 16.6. The Kier molecular flexibility index (Phi) is 6.14. The van der Waals surface area contributed by atoms with Gasteiger partial charge in [0.1, 0.15) is 0 Å². The summed E-state index contributed by atoms with van der Waals surface area (Å²) >= 11 is 0. The predicted octanol–water partition coefficient (Wildman–Crippen LogP) is 3.65. The number of nitrogens with zero attached hydrogens (tertiary/aromatic N) is 2. The molecule has 1 aromatic carbocycles. The molecule has 27 heavy (non-hydrogen) atoms. The molecular weight excluding hydrogens is 336 g/mol. The van der Waals surface area contributed by atoms with Crippen molar-refractivity contribution < 1.29 is 9.53 Å². The third kappa shape index (κ3) is 4.72. The maximum Gasteiger partial charge on any atom is 0.222 e. The van der Waals surface area contributed by atoms with Gasteiger partial charge < -0.3 is 14.5 Å². The van der Waals surface area contributed by atoms with Crippen molar-refractivity contribution in [1.82, 2.24) is 9.80 Å². The Morgan fingerprint density at radius 2 is 1.78 bits per heavy atom. The average molecular weight is 371 g/mol. The maximum absolute atomic E-state index is 12.6. The molecule has 1 amide bonds. The van der Waals surface area contributed by atoms with Crippen LogP contribution in [-0.2, 0) is 16.0 Å². The average Bonchev–Trinajstić information content (AvgIpc) is 2.74. The van der Waals surface area contributed by atoms with E-state index in [1.54, 1.807) is 0 Å². The number of aryl methyl sites for hydroxylation is 1. The molecule has 0 saturated carbocycles. The molecule has 0 radical (unpaired) electrons. The zero-order chi connectivity index (χ0) is 18.5. The number of hydrogen-bond acceptors (Lipinski definition) is 3. The van der Waals surface area contributed by atoms with Gasteiger partial charge in [0, 0.05) is 32.2 Å². The molecule has 3 saturated heterocycles. The van der Waals surface area contributed by atoms with E-state index in [1.807, 2.05) is 18.2 Å². The van der Waals surface area contributed by atoms with Crippen molar-refractivity contribution in [3.8, 4) is 0 Å². The lowest BCUT2D eigenvalue weighted by molar-refractivity contribution is -0.149. The van der Waals surface area contributed by atoms with Crippen LogP contribution in [0.2, 0.25) is 0 Å². The van der Waals surface area contributed by atoms with Crippen molar-refractivity contribution in [3.05, 3.63) is 35.9 Å². The van der Waals surface area contributed by atoms with E-state index in [-0.39, 0.29) is 5.60 Å². The van der Waals surface area contributed by atoms with E-state index in [9.17, 15) is 4.79 Å². The molecule has 1 aromatic rings. The van der Waals surface area contributed by atoms with Gasteiger partial charge in [0.2, 0.25) is 5.91 Å². The summed E-state index contributed by atoms with van der Waals surface area (Å²) in [5.74, 6) is 0.303. The standard InChI is InChI=1S/C23H34N2O2/c26-22(10-9-20-7-3-1-4-8-20)25-16-12-23(13-17-25)19-21(11-18-27-23)24-14-5-2-6-15-24/h1,3-4,7-8,21H,2,5-6,9-19H2. The Bertz CT molecular complexity index is 604. The summed E-state index contributed by atoms with van der Waals surface area (Å²) in [7, 11) is 0. The highest BCUT2D eigenvalue weighted by Crippen LogP contribution is 2.37. The normalized spacial score (nSPS) is 26.2. The quantitative estimate of drug-likeness (QED) is 0.811. The largest absolute Gasteiger partial charge is 0.375 e. The molecule has 0 bridgehead atoms. The van der Waals surface area contributed by atoms with Gasteiger partial charge >= 0.3 is 0 Å². The lowest BCUT2D eigenvalue weighted by atomic mass is 9.81. The van der Waals surface area contributed by atoms with E-state index in [2.05, 4.69) is 21.9 Å². The van der Waals surface area contributed by atoms with Crippen molar-refractivity contribution in [2.75, 3.05) is 32.8 Å². The number of rotatable bonds is 4. The Hall–Kier alpha value is -1.39. The van der Waals surface area contributed by atoms with Gasteiger partial charge in [-0.1, -0.05) is 36.8 Å². The molecule has 3 aliphatic rings. The molecule has 0 N–H and O–H groups in total. The topological polar surface area (TPSA) is 32.8 Å². The van der Waals surface area contributed by atoms with Crippen LogP contribution >= 0.6 is 0 Å². The van der Waals surface area contributed by atoms with Crippen LogP contribution in [0.5, 0.6) is 0 Å². The van der Waals surface area contributed by atoms with E-state index in [1.165, 1.54) is 50.8 Å². The maximum atomic E-state index is 12.6. The molecule has 1 unspecified atom stereocenters. The number of ether oxygens (including phenoxy) is 1. The minimum Gasteiger partial charge on any atom is -0.375 e. The summed E-state index contributed by atoms with van der Waals surface area (Å²) in [5.41, 5.74) is 1.27. The number of likely N-dealkylation sites (tertiary alicyclic amines) is 2. The summed E-state index contributed by atoms with van der Waals surface area (Å²) in [6.07, 6.45) is 9.93. The zero-order valence-electron chi connectivity index (χ0n) is 16.6. The third-order valence-corrected chi connectivity index (χ3v) is 6.87. The molecule has 4 heteroatoms. The van der Waals surface area contributed by atoms with Crippen molar-refractivity contribution in [2.45, 2.75) is 69.4 Å². The lowest BCUT2D eigenvalue weighted by Gasteiger charge is -2.49. The Morgan fingerprint density at radius 3 is 2.52 bits per heavy atom. The van der Waals surface area contributed by atoms with Gasteiger partial charge in [0.15, 0.2) is 0 Å². The number of benzene rings is 1. The smallest absolute Gasteiger partial charge is 0.222 e. The lowest BCUT2D eigenvalue weighted by Crippen LogP contribution is -2.55. The fourth-order valence-electron chi connectivity index (χ4n) is 5.16. The summed E-state index contributed by atoms with van der Waals surface area (Å²) in [6.45, 7) is 5.15. The highest BCUT2D eigenvalue weighted by molar-refractivity contribution is 5.76. The minimum atomic E-state index is 0.0244. The van der Waals surface area contributed by atoms with Gasteiger partial charge in [-0.05, 0) is 63.6 Å². The number of amides is 1. The molecule has 3 heterocycles. The fraction of sp³-hybridized carbons (Fsp3) is 0.696. The first-order chi connectivity index (χ1) is 13.2. The van der Waals surface area contributed by atoms with Crippen LogP contribution in [0.4, 0.5) is 0 Å². The summed E-state index contributed by atoms with van der Waals surface area (Å²) in [5, 5.41) is 0. The first kappa shape index (κ1) is 18.9. The van der Waals surface area contributed by atoms with Gasteiger partial charge in [0.25, 0.3) is 0 Å². The van der Waals surface area contributed by atoms with Crippen LogP contribution in [-0.4, -0.2) is 60.1 Å². The first-order valence-electron chi connectivity index (χ1n) is 10.9. The number of hydrogen-bond donors (Lipinski definition) is 0. The van der Waals surface area contributed by atoms with Crippen LogP contribution in [0, 0.1) is 0 Å². The first-order valence-corrected chi connectivity index (χ1v) is 10.9. The van der Waals surface area contributed by atoms with E-state index < -0.39 is 0 Å². The second kappa shape index (κ2) is 8.74. The molecular formula is C23H34N2O2. The predicted molar refractivity (Wildman–Crippen MR) is 108 cm³/mol. The highest BCUT2D eigenvalue weighted by Gasteiger charge is 2.42. The van der Waals surface area contributed by atoms with E-state index >= 15 is 0 Å². The van der Waals surface area contributed by atoms with Crippen molar-refractivity contribution >= 4 is 5.91 Å². The molecule has 1 atom stereocenters. The van der Waals surface area contributed by atoms with Gasteiger partial charge in [0.05, 0.1) is 5.60 Å². The minimum absolute atomic E-state index is 0.0244. The Morgan fingerprint density at radius 1 is 1.04 bits per heavy atom. The summed E-state index contributed by atoms with van der Waals surface area (Å²) < 4.78 is 6.32. The van der Waals surface area contributed by atoms with E-state index in [0.717, 1.165) is 39.0 Å². The number of carbonyl (C=O) groups excluding carboxylic acids is 1. The fourth-order valence-corrected chi connectivity index (χ4v) is 5.16. The third-order valence-electron chi connectivity index (χ3n) is 6.87. The van der Waals surface area contributed by atoms with Crippen LogP contribution in [0.15, 0.2) is 30.3 Å². The van der Waals surface area contributed by atoms with E-state index in [4.69, 9.17) is 4.74 Å². The van der Waals surface area contributed by atoms with Crippen LogP contribution < -0.4 is 0 Å². The number of piperidine rings is 2. The molecule has 3 fully saturated rings. The van der Waals surface area contributed by atoms with Crippen molar-refractivity contribution in [2.24, 2.45) is 0 Å². The molecule has 148 valence electrons. The molecule has 0 aliphatic carbocycles. The van der Waals surface area contributed by atoms with Gasteiger partial charge in [-0.3, -0.25) is 4.79 Å². The van der Waals surface area contributed by atoms with Crippen molar-refractivity contribution in [1.29, 1.82) is 0 Å². The molecule has 3 aliphatic heterocycles. The molecule has 1 spiro atoms. The van der Waals surface area contributed by atoms with Gasteiger partial charge in [-0.25, -0.2) is 0 Å². The van der Waals surface area contributed by atoms with Gasteiger partial charge in [-0.15, -0.1) is 0 Å². The van der Waals surface area contributed by atoms with Crippen LogP contribution in [0.3, 0.4) is 0 Å². The van der Waals surface area contributed by atoms with Crippen LogP contribution in [0.1, 0.15) is 56.9 Å². The monoisotopic (exact) mass is 370 g/mol. The van der Waals surface area contributed by atoms with Crippen LogP contribution in [0.25, 0.3) is 0 Å². The second-order valence-corrected chi connectivity index (χ2v) is 8.64. The summed E-state index contributed by atoms with van der Waals surface area (Å²) in [6, 6.07) is 11.0. The molecule has 4 rings (SSSR count). The highest BCUT2D eigenvalue weighted by atomic mass is 16.5. The SMILES string of the molecule is O=C(CCc1ccccc1)N1CCC2(CC1)CC(N1CCCCC1)CCO2. The Balaban J connectivity index is 1.26. The molecule has 4 nitrogen and oxygen atoms in total. The van der Waals surface area contributed by atoms with Crippen molar-refractivity contribution in [3.63, 3.8) is 0 Å². The number of carbonyl (C=O) groups is 1. The van der Waals surface area contributed by atoms with Gasteiger partial charge in [-0.2, -0.15) is 0 Å².